The summed E-state index contributed by atoms with van der Waals surface area (Å²) in [6.07, 6.45) is 3.79. The fourth-order valence-corrected chi connectivity index (χ4v) is 6.79. The number of carbonyl (C=O) groups is 2. The number of nitrogens with zero attached hydrogens (tertiary/aromatic N) is 2. The largest absolute Gasteiger partial charge is 0.350 e. The molecule has 3 atom stereocenters. The summed E-state index contributed by atoms with van der Waals surface area (Å²) in [6, 6.07) is 22.2. The van der Waals surface area contributed by atoms with E-state index in [9.17, 15) is 9.59 Å². The number of fused-ring (bicyclic) bond motifs is 1. The molecule has 2 N–H and O–H groups in total. The molecule has 7 heteroatoms. The van der Waals surface area contributed by atoms with E-state index >= 15 is 0 Å². The van der Waals surface area contributed by atoms with Gasteiger partial charge in [0.25, 0.3) is 5.91 Å². The molecule has 2 aliphatic rings. The number of hydrogen-bond acceptors (Lipinski definition) is 4. The Labute approximate surface area is 255 Å². The Morgan fingerprint density at radius 3 is 2.40 bits per heavy atom. The molecule has 2 aliphatic heterocycles. The third-order valence-corrected chi connectivity index (χ3v) is 9.53. The Balaban J connectivity index is 1.29. The second-order valence-corrected chi connectivity index (χ2v) is 12.7. The minimum absolute atomic E-state index is 0.0205. The van der Waals surface area contributed by atoms with Gasteiger partial charge in [-0.05, 0) is 99.1 Å². The lowest BCUT2D eigenvalue weighted by Crippen LogP contribution is -2.55. The van der Waals surface area contributed by atoms with Crippen LogP contribution in [0.3, 0.4) is 0 Å². The first-order chi connectivity index (χ1) is 20.3. The number of amides is 2. The summed E-state index contributed by atoms with van der Waals surface area (Å²) in [6.45, 7) is 10.6. The van der Waals surface area contributed by atoms with Gasteiger partial charge >= 0.3 is 0 Å². The summed E-state index contributed by atoms with van der Waals surface area (Å²) in [7, 11) is 0. The van der Waals surface area contributed by atoms with Crippen LogP contribution in [-0.4, -0.2) is 72.5 Å². The smallest absolute Gasteiger partial charge is 0.251 e. The van der Waals surface area contributed by atoms with E-state index in [1.54, 1.807) is 0 Å². The van der Waals surface area contributed by atoms with Gasteiger partial charge in [0.2, 0.25) is 5.91 Å². The van der Waals surface area contributed by atoms with Crippen molar-refractivity contribution in [2.75, 3.05) is 32.7 Å². The molecule has 0 aliphatic carbocycles. The third-order valence-electron chi connectivity index (χ3n) is 9.29. The molecule has 3 aromatic carbocycles. The van der Waals surface area contributed by atoms with Gasteiger partial charge in [0.15, 0.2) is 0 Å². The minimum atomic E-state index is -0.234. The van der Waals surface area contributed by atoms with Crippen LogP contribution in [0.15, 0.2) is 66.7 Å². The topological polar surface area (TPSA) is 64.7 Å². The molecule has 3 aromatic rings. The molecule has 5 rings (SSSR count). The molecular formula is C35H45ClN4O2. The van der Waals surface area contributed by atoms with Crippen LogP contribution in [-0.2, 0) is 4.79 Å². The van der Waals surface area contributed by atoms with Crippen molar-refractivity contribution in [3.05, 3.63) is 82.9 Å². The molecule has 0 radical (unpaired) electrons. The molecule has 2 fully saturated rings. The highest BCUT2D eigenvalue weighted by Gasteiger charge is 2.38. The van der Waals surface area contributed by atoms with Gasteiger partial charge < -0.3 is 20.4 Å². The number of rotatable bonds is 9. The summed E-state index contributed by atoms with van der Waals surface area (Å²) < 4.78 is 0. The first-order valence-electron chi connectivity index (χ1n) is 15.6. The zero-order valence-electron chi connectivity index (χ0n) is 25.2. The average Bonchev–Trinajstić information content (AvgIpc) is 3.17. The van der Waals surface area contributed by atoms with Gasteiger partial charge in [-0.2, -0.15) is 0 Å². The van der Waals surface area contributed by atoms with Gasteiger partial charge in [-0.25, -0.2) is 0 Å². The van der Waals surface area contributed by atoms with Crippen LogP contribution in [0, 0.1) is 5.92 Å². The second kappa shape index (κ2) is 14.0. The van der Waals surface area contributed by atoms with E-state index in [1.165, 1.54) is 5.56 Å². The highest BCUT2D eigenvalue weighted by molar-refractivity contribution is 6.31. The molecule has 224 valence electrons. The molecule has 0 aromatic heterocycles. The Morgan fingerprint density at radius 2 is 1.69 bits per heavy atom. The van der Waals surface area contributed by atoms with Crippen LogP contribution in [0.1, 0.15) is 68.3 Å². The first-order valence-corrected chi connectivity index (χ1v) is 16.0. The molecule has 0 spiro atoms. The van der Waals surface area contributed by atoms with E-state index in [0.717, 1.165) is 56.1 Å². The predicted octanol–water partition coefficient (Wildman–Crippen LogP) is 6.10. The van der Waals surface area contributed by atoms with Crippen LogP contribution in [0.25, 0.3) is 10.8 Å². The average molecular weight is 589 g/mol. The number of halogens is 1. The van der Waals surface area contributed by atoms with Crippen LogP contribution in [0.5, 0.6) is 0 Å². The van der Waals surface area contributed by atoms with Gasteiger partial charge in [-0.1, -0.05) is 61.0 Å². The number of hydrogen-bond donors (Lipinski definition) is 2. The maximum atomic E-state index is 14.1. The van der Waals surface area contributed by atoms with E-state index in [4.69, 9.17) is 11.6 Å². The van der Waals surface area contributed by atoms with Crippen molar-refractivity contribution in [1.29, 1.82) is 0 Å². The van der Waals surface area contributed by atoms with Crippen molar-refractivity contribution >= 4 is 34.2 Å². The van der Waals surface area contributed by atoms with Crippen molar-refractivity contribution in [3.63, 3.8) is 0 Å². The number of nitrogens with one attached hydrogen (secondary N) is 2. The molecule has 2 amide bonds. The summed E-state index contributed by atoms with van der Waals surface area (Å²) in [4.78, 5) is 31.9. The zero-order chi connectivity index (χ0) is 29.6. The van der Waals surface area contributed by atoms with Crippen molar-refractivity contribution < 1.29 is 9.59 Å². The molecule has 6 nitrogen and oxygen atoms in total. The van der Waals surface area contributed by atoms with Crippen molar-refractivity contribution in [2.45, 2.75) is 70.5 Å². The Morgan fingerprint density at radius 1 is 0.976 bits per heavy atom. The number of benzene rings is 3. The summed E-state index contributed by atoms with van der Waals surface area (Å²) in [5.41, 5.74) is 1.91. The van der Waals surface area contributed by atoms with Crippen LogP contribution in [0.2, 0.25) is 5.02 Å². The first kappa shape index (κ1) is 30.5. The molecule has 2 heterocycles. The highest BCUT2D eigenvalue weighted by Crippen LogP contribution is 2.28. The predicted molar refractivity (Wildman–Crippen MR) is 172 cm³/mol. The van der Waals surface area contributed by atoms with E-state index in [2.05, 4.69) is 65.5 Å². The van der Waals surface area contributed by atoms with E-state index in [0.29, 0.717) is 35.6 Å². The van der Waals surface area contributed by atoms with Crippen LogP contribution < -0.4 is 10.6 Å². The lowest BCUT2D eigenvalue weighted by Gasteiger charge is -2.39. The lowest BCUT2D eigenvalue weighted by atomic mass is 9.87. The van der Waals surface area contributed by atoms with E-state index in [-0.39, 0.29) is 29.8 Å². The van der Waals surface area contributed by atoms with Gasteiger partial charge in [0.1, 0.15) is 0 Å². The Bertz CT molecular complexity index is 1360. The summed E-state index contributed by atoms with van der Waals surface area (Å²) >= 11 is 6.13. The van der Waals surface area contributed by atoms with Gasteiger partial charge in [0, 0.05) is 48.2 Å². The van der Waals surface area contributed by atoms with Crippen LogP contribution in [0.4, 0.5) is 0 Å². The van der Waals surface area contributed by atoms with Crippen molar-refractivity contribution in [1.82, 2.24) is 20.4 Å². The molecule has 2 saturated heterocycles. The highest BCUT2D eigenvalue weighted by atomic mass is 35.5. The molecule has 0 unspecified atom stereocenters. The fourth-order valence-electron chi connectivity index (χ4n) is 6.61. The Kier molecular flexibility index (Phi) is 10.2. The summed E-state index contributed by atoms with van der Waals surface area (Å²) in [5, 5.41) is 9.58. The minimum Gasteiger partial charge on any atom is -0.350 e. The van der Waals surface area contributed by atoms with Gasteiger partial charge in [-0.3, -0.25) is 9.59 Å². The molecule has 42 heavy (non-hydrogen) atoms. The van der Waals surface area contributed by atoms with Crippen molar-refractivity contribution in [3.8, 4) is 0 Å². The third kappa shape index (κ3) is 7.34. The normalized spacial score (nSPS) is 21.5. The molecule has 0 saturated carbocycles. The number of piperidine rings is 1. The monoisotopic (exact) mass is 588 g/mol. The second-order valence-electron chi connectivity index (χ2n) is 12.3. The number of carbonyl (C=O) groups excluding carboxylic acids is 2. The standard InChI is InChI=1S/C35H45ClN4O2/c1-4-25(26-8-6-5-7-9-26)23-40-19-16-32(38-33(35(40)42)27-14-17-39(18-15-27)24(2)3)22-37-34(41)30-11-10-29-21-31(36)13-12-28(29)20-30/h5-13,20-21,24-25,27,32-33,38H,4,14-19,22-23H2,1-3H3,(H,37,41)/t25-,32+,33+/m1/s1. The maximum Gasteiger partial charge on any atom is 0.251 e. The lowest BCUT2D eigenvalue weighted by molar-refractivity contribution is -0.134. The van der Waals surface area contributed by atoms with E-state index < -0.39 is 0 Å². The van der Waals surface area contributed by atoms with Gasteiger partial charge in [-0.15, -0.1) is 0 Å². The van der Waals surface area contributed by atoms with Crippen LogP contribution >= 0.6 is 11.6 Å². The summed E-state index contributed by atoms with van der Waals surface area (Å²) in [5.74, 6) is 0.709. The molecular weight excluding hydrogens is 544 g/mol. The van der Waals surface area contributed by atoms with Gasteiger partial charge in [0.05, 0.1) is 6.04 Å². The maximum absolute atomic E-state index is 14.1. The zero-order valence-corrected chi connectivity index (χ0v) is 25.9. The fraction of sp³-hybridized carbons (Fsp3) is 0.486. The quantitative estimate of drug-likeness (QED) is 0.317. The SMILES string of the molecule is CC[C@H](CN1CC[C@@H](CNC(=O)c2ccc3cc(Cl)ccc3c2)N[C@@H](C2CCN(C(C)C)CC2)C1=O)c1ccccc1. The Hall–Kier alpha value is -2.93. The molecule has 0 bridgehead atoms. The van der Waals surface area contributed by atoms with E-state index in [1.807, 2.05) is 42.5 Å². The van der Waals surface area contributed by atoms with Crippen molar-refractivity contribution in [2.24, 2.45) is 5.92 Å². The number of likely N-dealkylation sites (tertiary alicyclic amines) is 1.